The first-order valence-electron chi connectivity index (χ1n) is 9.46. The maximum Gasteiger partial charge on any atom is 0.193 e. The number of rotatable bonds is 10. The molecule has 0 aromatic heterocycles. The summed E-state index contributed by atoms with van der Waals surface area (Å²) in [5, 5.41) is 3.38. The second-order valence-corrected chi connectivity index (χ2v) is 6.67. The molecule has 1 aliphatic heterocycles. The molecule has 0 amide bonds. The highest BCUT2D eigenvalue weighted by Gasteiger charge is 2.15. The molecule has 7 heteroatoms. The molecule has 7 nitrogen and oxygen atoms in total. The van der Waals surface area contributed by atoms with E-state index >= 15 is 0 Å². The molecule has 1 fully saturated rings. The minimum absolute atomic E-state index is 0.566. The average molecular weight is 380 g/mol. The van der Waals surface area contributed by atoms with Crippen LogP contribution in [0.2, 0.25) is 0 Å². The summed E-state index contributed by atoms with van der Waals surface area (Å²) in [6, 6.07) is 5.85. The minimum atomic E-state index is 0.566. The van der Waals surface area contributed by atoms with Crippen molar-refractivity contribution in [2.24, 2.45) is 10.9 Å². The normalized spacial score (nSPS) is 17.0. The standard InChI is InChI=1S/C20H33N3O4/c1-21-20(22-9-5-10-26-14-16-8-11-27-15-16)23(2)13-17-6-7-18(24-3)12-19(17)25-4/h6-7,12,16H,5,8-11,13-15H2,1-4H3,(H,21,22). The van der Waals surface area contributed by atoms with Gasteiger partial charge in [0.25, 0.3) is 0 Å². The summed E-state index contributed by atoms with van der Waals surface area (Å²) in [7, 11) is 7.12. The van der Waals surface area contributed by atoms with Crippen molar-refractivity contribution >= 4 is 5.96 Å². The average Bonchev–Trinajstić information content (AvgIpc) is 3.21. The summed E-state index contributed by atoms with van der Waals surface area (Å²) >= 11 is 0. The minimum Gasteiger partial charge on any atom is -0.497 e. The Morgan fingerprint density at radius 1 is 1.33 bits per heavy atom. The molecule has 1 aromatic carbocycles. The van der Waals surface area contributed by atoms with E-state index in [1.165, 1.54) is 0 Å². The van der Waals surface area contributed by atoms with Crippen molar-refractivity contribution in [3.63, 3.8) is 0 Å². The Bertz CT molecular complexity index is 589. The molecule has 1 N–H and O–H groups in total. The molecule has 2 rings (SSSR count). The highest BCUT2D eigenvalue weighted by molar-refractivity contribution is 5.79. The van der Waals surface area contributed by atoms with Gasteiger partial charge >= 0.3 is 0 Å². The molecular weight excluding hydrogens is 346 g/mol. The molecule has 0 radical (unpaired) electrons. The number of guanidine groups is 1. The fourth-order valence-corrected chi connectivity index (χ4v) is 3.04. The number of hydrogen-bond donors (Lipinski definition) is 1. The van der Waals surface area contributed by atoms with Crippen molar-refractivity contribution in [2.45, 2.75) is 19.4 Å². The second-order valence-electron chi connectivity index (χ2n) is 6.67. The first kappa shape index (κ1) is 21.3. The van der Waals surface area contributed by atoms with E-state index in [-0.39, 0.29) is 0 Å². The Labute approximate surface area is 162 Å². The van der Waals surface area contributed by atoms with Crippen molar-refractivity contribution in [1.82, 2.24) is 10.2 Å². The van der Waals surface area contributed by atoms with Crippen LogP contribution in [0, 0.1) is 5.92 Å². The lowest BCUT2D eigenvalue weighted by Crippen LogP contribution is -2.39. The van der Waals surface area contributed by atoms with E-state index in [9.17, 15) is 0 Å². The van der Waals surface area contributed by atoms with Gasteiger partial charge in [0.05, 0.1) is 27.4 Å². The number of benzene rings is 1. The molecule has 27 heavy (non-hydrogen) atoms. The number of ether oxygens (including phenoxy) is 4. The van der Waals surface area contributed by atoms with Gasteiger partial charge in [-0.05, 0) is 25.0 Å². The van der Waals surface area contributed by atoms with E-state index in [2.05, 4.69) is 15.2 Å². The molecule has 0 spiro atoms. The quantitative estimate of drug-likeness (QED) is 0.382. The fourth-order valence-electron chi connectivity index (χ4n) is 3.04. The summed E-state index contributed by atoms with van der Waals surface area (Å²) in [6.07, 6.45) is 2.05. The van der Waals surface area contributed by atoms with Gasteiger partial charge in [0.1, 0.15) is 11.5 Å². The van der Waals surface area contributed by atoms with E-state index in [1.54, 1.807) is 21.3 Å². The Balaban J connectivity index is 1.72. The van der Waals surface area contributed by atoms with Gasteiger partial charge in [-0.1, -0.05) is 0 Å². The van der Waals surface area contributed by atoms with E-state index in [4.69, 9.17) is 18.9 Å². The van der Waals surface area contributed by atoms with Gasteiger partial charge in [-0.3, -0.25) is 4.99 Å². The topological polar surface area (TPSA) is 64.6 Å². The monoisotopic (exact) mass is 379 g/mol. The maximum atomic E-state index is 5.74. The lowest BCUT2D eigenvalue weighted by molar-refractivity contribution is 0.0887. The van der Waals surface area contributed by atoms with Crippen LogP contribution < -0.4 is 14.8 Å². The molecule has 0 saturated carbocycles. The number of hydrogen-bond acceptors (Lipinski definition) is 5. The fraction of sp³-hybridized carbons (Fsp3) is 0.650. The number of nitrogens with one attached hydrogen (secondary N) is 1. The van der Waals surface area contributed by atoms with Crippen molar-refractivity contribution < 1.29 is 18.9 Å². The van der Waals surface area contributed by atoms with Gasteiger partial charge < -0.3 is 29.2 Å². The lowest BCUT2D eigenvalue weighted by Gasteiger charge is -2.23. The van der Waals surface area contributed by atoms with Crippen molar-refractivity contribution in [1.29, 1.82) is 0 Å². The molecule has 1 heterocycles. The third kappa shape index (κ3) is 6.92. The summed E-state index contributed by atoms with van der Waals surface area (Å²) < 4.78 is 21.8. The van der Waals surface area contributed by atoms with Crippen LogP contribution in [-0.4, -0.2) is 72.1 Å². The van der Waals surface area contributed by atoms with Crippen LogP contribution in [0.5, 0.6) is 11.5 Å². The highest BCUT2D eigenvalue weighted by atomic mass is 16.5. The van der Waals surface area contributed by atoms with Gasteiger partial charge in [0.2, 0.25) is 0 Å². The van der Waals surface area contributed by atoms with Crippen molar-refractivity contribution in [3.8, 4) is 11.5 Å². The highest BCUT2D eigenvalue weighted by Crippen LogP contribution is 2.25. The first-order valence-corrected chi connectivity index (χ1v) is 9.46. The van der Waals surface area contributed by atoms with Gasteiger partial charge in [0, 0.05) is 57.9 Å². The molecule has 1 atom stereocenters. The zero-order valence-electron chi connectivity index (χ0n) is 17.0. The molecule has 152 valence electrons. The Morgan fingerprint density at radius 3 is 2.85 bits per heavy atom. The van der Waals surface area contributed by atoms with E-state index in [1.807, 2.05) is 25.2 Å². The predicted molar refractivity (Wildman–Crippen MR) is 107 cm³/mol. The van der Waals surface area contributed by atoms with Crippen LogP contribution in [0.15, 0.2) is 23.2 Å². The van der Waals surface area contributed by atoms with E-state index in [0.29, 0.717) is 12.5 Å². The molecular formula is C20H33N3O4. The van der Waals surface area contributed by atoms with Crippen molar-refractivity contribution in [3.05, 3.63) is 23.8 Å². The van der Waals surface area contributed by atoms with Crippen LogP contribution in [0.3, 0.4) is 0 Å². The SMILES string of the molecule is CN=C(NCCCOCC1CCOC1)N(C)Cc1ccc(OC)cc1OC. The van der Waals surface area contributed by atoms with E-state index in [0.717, 1.165) is 68.8 Å². The Kier molecular flexibility index (Phi) is 9.21. The van der Waals surface area contributed by atoms with Crippen LogP contribution in [0.1, 0.15) is 18.4 Å². The van der Waals surface area contributed by atoms with Crippen LogP contribution in [-0.2, 0) is 16.0 Å². The number of methoxy groups -OCH3 is 2. The smallest absolute Gasteiger partial charge is 0.193 e. The summed E-state index contributed by atoms with van der Waals surface area (Å²) in [6.45, 7) is 4.76. The molecule has 0 aliphatic carbocycles. The molecule has 1 saturated heterocycles. The van der Waals surface area contributed by atoms with Gasteiger partial charge in [-0.25, -0.2) is 0 Å². The van der Waals surface area contributed by atoms with Crippen LogP contribution in [0.25, 0.3) is 0 Å². The Hall–Kier alpha value is -1.99. The summed E-state index contributed by atoms with van der Waals surface area (Å²) in [5.41, 5.74) is 1.07. The predicted octanol–water partition coefficient (Wildman–Crippen LogP) is 2.15. The van der Waals surface area contributed by atoms with Crippen LogP contribution >= 0.6 is 0 Å². The summed E-state index contributed by atoms with van der Waals surface area (Å²) in [5.74, 6) is 3.00. The largest absolute Gasteiger partial charge is 0.497 e. The molecule has 1 unspecified atom stereocenters. The number of nitrogens with zero attached hydrogens (tertiary/aromatic N) is 2. The zero-order valence-corrected chi connectivity index (χ0v) is 17.0. The maximum absolute atomic E-state index is 5.74. The lowest BCUT2D eigenvalue weighted by atomic mass is 10.1. The third-order valence-electron chi connectivity index (χ3n) is 4.60. The van der Waals surface area contributed by atoms with Gasteiger partial charge in [0.15, 0.2) is 5.96 Å². The van der Waals surface area contributed by atoms with Gasteiger partial charge in [-0.2, -0.15) is 0 Å². The number of aliphatic imine (C=N–C) groups is 1. The zero-order chi connectivity index (χ0) is 19.5. The molecule has 1 aliphatic rings. The molecule has 0 bridgehead atoms. The first-order chi connectivity index (χ1) is 13.2. The van der Waals surface area contributed by atoms with Crippen molar-refractivity contribution in [2.75, 3.05) is 61.3 Å². The third-order valence-corrected chi connectivity index (χ3v) is 4.60. The van der Waals surface area contributed by atoms with Gasteiger partial charge in [-0.15, -0.1) is 0 Å². The second kappa shape index (κ2) is 11.7. The van der Waals surface area contributed by atoms with Crippen LogP contribution in [0.4, 0.5) is 0 Å². The molecule has 1 aromatic rings. The summed E-state index contributed by atoms with van der Waals surface area (Å²) in [4.78, 5) is 6.43. The Morgan fingerprint density at radius 2 is 2.19 bits per heavy atom. The van der Waals surface area contributed by atoms with E-state index < -0.39 is 0 Å².